The van der Waals surface area contributed by atoms with E-state index in [0.717, 1.165) is 18.4 Å². The van der Waals surface area contributed by atoms with Crippen molar-refractivity contribution in [2.45, 2.75) is 98.6 Å². The van der Waals surface area contributed by atoms with Crippen LogP contribution >= 0.6 is 0 Å². The molecule has 0 aromatic heterocycles. The zero-order valence-electron chi connectivity index (χ0n) is 20.6. The minimum Gasteiger partial charge on any atom is -0.338 e. The van der Waals surface area contributed by atoms with E-state index in [0.29, 0.717) is 35.5 Å². The molecule has 3 rings (SSSR count). The van der Waals surface area contributed by atoms with Crippen molar-refractivity contribution in [3.05, 3.63) is 35.9 Å². The molecule has 0 radical (unpaired) electrons. The first kappa shape index (κ1) is 24.3. The first-order valence-electron chi connectivity index (χ1n) is 12.7. The molecule has 2 aliphatic carbocycles. The average molecular weight is 425 g/mol. The number of rotatable bonds is 6. The summed E-state index contributed by atoms with van der Waals surface area (Å²) in [6.45, 7) is 14.0. The summed E-state index contributed by atoms with van der Waals surface area (Å²) in [6.07, 6.45) is 7.35. The third kappa shape index (κ3) is 7.10. The van der Waals surface area contributed by atoms with Crippen LogP contribution in [0.1, 0.15) is 85.6 Å². The molecule has 0 saturated heterocycles. The first-order valence-corrected chi connectivity index (χ1v) is 12.7. The number of hydrogen-bond acceptors (Lipinski definition) is 2. The highest BCUT2D eigenvalue weighted by molar-refractivity contribution is 5.34. The van der Waals surface area contributed by atoms with Gasteiger partial charge in [-0.05, 0) is 79.2 Å². The molecular formula is C29H44O2. The maximum atomic E-state index is 6.73. The van der Waals surface area contributed by atoms with Crippen LogP contribution in [-0.2, 0) is 9.47 Å². The fraction of sp³-hybridized carbons (Fsp3) is 0.724. The van der Waals surface area contributed by atoms with Crippen molar-refractivity contribution >= 4 is 0 Å². The Balaban J connectivity index is 1.81. The predicted octanol–water partition coefficient (Wildman–Crippen LogP) is 7.32. The normalized spacial score (nSPS) is 31.6. The van der Waals surface area contributed by atoms with Crippen LogP contribution in [0.2, 0.25) is 0 Å². The number of hydrogen-bond donors (Lipinski definition) is 0. The fourth-order valence-electron chi connectivity index (χ4n) is 5.62. The van der Waals surface area contributed by atoms with Gasteiger partial charge in [0.25, 0.3) is 0 Å². The van der Waals surface area contributed by atoms with Crippen LogP contribution in [0.15, 0.2) is 30.3 Å². The van der Waals surface area contributed by atoms with E-state index < -0.39 is 6.29 Å². The zero-order chi connectivity index (χ0) is 22.4. The lowest BCUT2D eigenvalue weighted by Gasteiger charge is -2.41. The first-order chi connectivity index (χ1) is 14.8. The molecule has 0 heterocycles. The molecule has 1 aromatic rings. The molecule has 0 N–H and O–H groups in total. The second-order valence-electron chi connectivity index (χ2n) is 11.0. The van der Waals surface area contributed by atoms with Crippen LogP contribution in [0.4, 0.5) is 0 Å². The zero-order valence-corrected chi connectivity index (χ0v) is 20.6. The molecule has 2 aliphatic rings. The summed E-state index contributed by atoms with van der Waals surface area (Å²) in [6, 6.07) is 10.2. The van der Waals surface area contributed by atoms with E-state index in [9.17, 15) is 0 Å². The molecule has 31 heavy (non-hydrogen) atoms. The molecule has 172 valence electrons. The van der Waals surface area contributed by atoms with Gasteiger partial charge in [-0.1, -0.05) is 78.5 Å². The maximum Gasteiger partial charge on any atom is 0.223 e. The summed E-state index contributed by atoms with van der Waals surface area (Å²) < 4.78 is 13.5. The summed E-state index contributed by atoms with van der Waals surface area (Å²) in [5, 5.41) is 0. The molecule has 0 spiro atoms. The summed E-state index contributed by atoms with van der Waals surface area (Å²) in [5.74, 6) is 10.6. The molecule has 2 saturated carbocycles. The van der Waals surface area contributed by atoms with E-state index in [1.165, 1.54) is 25.7 Å². The molecule has 0 aliphatic heterocycles. The maximum absolute atomic E-state index is 6.73. The molecular weight excluding hydrogens is 380 g/mol. The monoisotopic (exact) mass is 424 g/mol. The van der Waals surface area contributed by atoms with Gasteiger partial charge < -0.3 is 9.47 Å². The predicted molar refractivity (Wildman–Crippen MR) is 130 cm³/mol. The van der Waals surface area contributed by atoms with Crippen molar-refractivity contribution in [2.75, 3.05) is 0 Å². The highest BCUT2D eigenvalue weighted by Crippen LogP contribution is 2.38. The van der Waals surface area contributed by atoms with E-state index in [1.54, 1.807) is 0 Å². The van der Waals surface area contributed by atoms with Gasteiger partial charge in [-0.3, -0.25) is 0 Å². The summed E-state index contributed by atoms with van der Waals surface area (Å²) >= 11 is 0. The van der Waals surface area contributed by atoms with Crippen molar-refractivity contribution in [3.63, 3.8) is 0 Å². The van der Waals surface area contributed by atoms with E-state index in [-0.39, 0.29) is 12.2 Å². The number of ether oxygens (including phenoxy) is 2. The molecule has 2 nitrogen and oxygen atoms in total. The molecule has 1 aromatic carbocycles. The van der Waals surface area contributed by atoms with Crippen molar-refractivity contribution in [1.82, 2.24) is 0 Å². The lowest BCUT2D eigenvalue weighted by Crippen LogP contribution is -2.41. The van der Waals surface area contributed by atoms with Gasteiger partial charge in [0.15, 0.2) is 0 Å². The Morgan fingerprint density at radius 1 is 0.742 bits per heavy atom. The van der Waals surface area contributed by atoms with Gasteiger partial charge in [0.05, 0.1) is 12.2 Å². The van der Waals surface area contributed by atoms with Gasteiger partial charge >= 0.3 is 0 Å². The van der Waals surface area contributed by atoms with Crippen molar-refractivity contribution in [2.24, 2.45) is 35.5 Å². The van der Waals surface area contributed by atoms with E-state index in [4.69, 9.17) is 9.47 Å². The molecule has 2 fully saturated rings. The van der Waals surface area contributed by atoms with Crippen molar-refractivity contribution in [1.29, 1.82) is 0 Å². The molecule has 0 amide bonds. The van der Waals surface area contributed by atoms with Gasteiger partial charge in [0.1, 0.15) is 0 Å². The largest absolute Gasteiger partial charge is 0.338 e. The Labute approximate surface area is 191 Å². The van der Waals surface area contributed by atoms with Gasteiger partial charge in [-0.2, -0.15) is 0 Å². The van der Waals surface area contributed by atoms with E-state index in [1.807, 2.05) is 18.2 Å². The Kier molecular flexibility index (Phi) is 9.06. The Bertz CT molecular complexity index is 679. The second kappa shape index (κ2) is 11.5. The summed E-state index contributed by atoms with van der Waals surface area (Å²) in [4.78, 5) is 0. The van der Waals surface area contributed by atoms with Gasteiger partial charge in [0.2, 0.25) is 6.29 Å². The molecule has 2 heteroatoms. The quantitative estimate of drug-likeness (QED) is 0.352. The van der Waals surface area contributed by atoms with Crippen LogP contribution < -0.4 is 0 Å². The third-order valence-electron chi connectivity index (χ3n) is 7.63. The molecule has 6 atom stereocenters. The minimum absolute atomic E-state index is 0.234. The van der Waals surface area contributed by atoms with Crippen molar-refractivity contribution in [3.8, 4) is 11.8 Å². The smallest absolute Gasteiger partial charge is 0.223 e. The van der Waals surface area contributed by atoms with Gasteiger partial charge in [0, 0.05) is 5.56 Å². The SMILES string of the molecule is CC(C)[C@@H]1CC[C@@H](C)C[C@H]1OC(C#Cc1ccccc1)O[C@@H]1C[C@H](C)CC[C@H]1C(C)C. The Hall–Kier alpha value is -1.30. The second-order valence-corrected chi connectivity index (χ2v) is 11.0. The number of benzene rings is 1. The highest BCUT2D eigenvalue weighted by Gasteiger charge is 2.36. The van der Waals surface area contributed by atoms with Gasteiger partial charge in [-0.25, -0.2) is 0 Å². The Morgan fingerprint density at radius 2 is 1.23 bits per heavy atom. The topological polar surface area (TPSA) is 18.5 Å². The summed E-state index contributed by atoms with van der Waals surface area (Å²) in [5.41, 5.74) is 1.02. The van der Waals surface area contributed by atoms with Crippen molar-refractivity contribution < 1.29 is 9.47 Å². The van der Waals surface area contributed by atoms with Crippen LogP contribution in [0.25, 0.3) is 0 Å². The van der Waals surface area contributed by atoms with Gasteiger partial charge in [-0.15, -0.1) is 0 Å². The minimum atomic E-state index is -0.451. The Morgan fingerprint density at radius 3 is 1.68 bits per heavy atom. The standard InChI is InChI=1S/C29H44O2/c1-20(2)25-15-12-22(5)18-27(25)30-29(17-14-24-10-8-7-9-11-24)31-28-19-23(6)13-16-26(28)21(3)4/h7-11,20-23,25-29H,12-13,15-16,18-19H2,1-6H3/t22-,23-,25+,26+,27-,28-/m1/s1. The lowest BCUT2D eigenvalue weighted by molar-refractivity contribution is -0.205. The summed E-state index contributed by atoms with van der Waals surface area (Å²) in [7, 11) is 0. The van der Waals surface area contributed by atoms with E-state index >= 15 is 0 Å². The average Bonchev–Trinajstić information content (AvgIpc) is 2.72. The fourth-order valence-corrected chi connectivity index (χ4v) is 5.62. The third-order valence-corrected chi connectivity index (χ3v) is 7.63. The van der Waals surface area contributed by atoms with Crippen LogP contribution in [0, 0.1) is 47.3 Å². The highest BCUT2D eigenvalue weighted by atomic mass is 16.7. The van der Waals surface area contributed by atoms with Crippen LogP contribution in [0.5, 0.6) is 0 Å². The lowest BCUT2D eigenvalue weighted by atomic mass is 9.75. The molecule has 0 bridgehead atoms. The van der Waals surface area contributed by atoms with Crippen LogP contribution in [0.3, 0.4) is 0 Å². The molecule has 0 unspecified atom stereocenters. The van der Waals surface area contributed by atoms with E-state index in [2.05, 4.69) is 65.5 Å². The van der Waals surface area contributed by atoms with Crippen LogP contribution in [-0.4, -0.2) is 18.5 Å².